The molecule has 0 N–H and O–H groups in total. The summed E-state index contributed by atoms with van der Waals surface area (Å²) in [6.07, 6.45) is -3.45. The third-order valence-electron chi connectivity index (χ3n) is 3.29. The van der Waals surface area contributed by atoms with Crippen LogP contribution < -0.4 is 0 Å². The fraction of sp³-hybridized carbons (Fsp3) is 0.500. The van der Waals surface area contributed by atoms with Crippen LogP contribution in [0.3, 0.4) is 0 Å². The second-order valence-electron chi connectivity index (χ2n) is 5.07. The molecule has 1 saturated heterocycles. The number of allylic oxidation sites excluding steroid dienone is 1. The predicted octanol–water partition coefficient (Wildman–Crippen LogP) is 4.41. The van der Waals surface area contributed by atoms with Crippen LogP contribution in [0.1, 0.15) is 37.8 Å². The quantitative estimate of drug-likeness (QED) is 0.609. The fourth-order valence-corrected chi connectivity index (χ4v) is 2.05. The van der Waals surface area contributed by atoms with Gasteiger partial charge in [-0.3, -0.25) is 0 Å². The molecule has 6 heteroatoms. The number of aliphatic imine (C=N–C) groups is 1. The van der Waals surface area contributed by atoms with E-state index in [0.717, 1.165) is 18.4 Å². The highest BCUT2D eigenvalue weighted by Crippen LogP contribution is 2.28. The highest BCUT2D eigenvalue weighted by atomic mass is 19.4. The molecule has 1 heterocycles. The molecule has 1 aliphatic heterocycles. The molecule has 2 rings (SSSR count). The number of halogens is 3. The molecule has 0 spiro atoms. The van der Waals surface area contributed by atoms with Gasteiger partial charge in [0.05, 0.1) is 12.6 Å². The lowest BCUT2D eigenvalue weighted by Crippen LogP contribution is -2.27. The minimum Gasteiger partial charge on any atom is -0.451 e. The van der Waals surface area contributed by atoms with Crippen molar-refractivity contribution in [3.63, 3.8) is 0 Å². The van der Waals surface area contributed by atoms with Gasteiger partial charge in [0.2, 0.25) is 6.29 Å². The van der Waals surface area contributed by atoms with Gasteiger partial charge in [0, 0.05) is 12.3 Å². The molecule has 22 heavy (non-hydrogen) atoms. The summed E-state index contributed by atoms with van der Waals surface area (Å²) in [5.74, 6) is 0.786. The number of hydrogen-bond acceptors (Lipinski definition) is 3. The molecule has 1 aromatic carbocycles. The molecule has 0 aliphatic carbocycles. The molecule has 120 valence electrons. The Morgan fingerprint density at radius 3 is 2.64 bits per heavy atom. The minimum absolute atomic E-state index is 0.410. The zero-order valence-corrected chi connectivity index (χ0v) is 12.3. The summed E-state index contributed by atoms with van der Waals surface area (Å²) in [6.45, 7) is 2.11. The summed E-state index contributed by atoms with van der Waals surface area (Å²) in [5, 5.41) is 0. The van der Waals surface area contributed by atoms with Gasteiger partial charge >= 0.3 is 6.18 Å². The number of rotatable bonds is 4. The van der Waals surface area contributed by atoms with Crippen molar-refractivity contribution in [1.82, 2.24) is 0 Å². The average molecular weight is 313 g/mol. The SMILES string of the molecule is C[C@@H](N=C=C(OC1CCCCO1)C(F)(F)F)c1ccccc1. The van der Waals surface area contributed by atoms with Crippen LogP contribution in [0, 0.1) is 0 Å². The first kappa shape index (κ1) is 16.6. The summed E-state index contributed by atoms with van der Waals surface area (Å²) in [7, 11) is 0. The second kappa shape index (κ2) is 7.47. The van der Waals surface area contributed by atoms with E-state index in [-0.39, 0.29) is 0 Å². The summed E-state index contributed by atoms with van der Waals surface area (Å²) >= 11 is 0. The molecule has 1 aromatic rings. The maximum Gasteiger partial charge on any atom is 0.458 e. The van der Waals surface area contributed by atoms with Gasteiger partial charge in [-0.25, -0.2) is 4.99 Å². The molecule has 1 unspecified atom stereocenters. The van der Waals surface area contributed by atoms with E-state index in [1.807, 2.05) is 24.1 Å². The van der Waals surface area contributed by atoms with Crippen LogP contribution in [0.5, 0.6) is 0 Å². The molecule has 0 bridgehead atoms. The van der Waals surface area contributed by atoms with Crippen molar-refractivity contribution in [1.29, 1.82) is 0 Å². The topological polar surface area (TPSA) is 30.8 Å². The summed E-state index contributed by atoms with van der Waals surface area (Å²) in [6, 6.07) is 8.61. The Labute approximate surface area is 127 Å². The Hall–Kier alpha value is -1.78. The van der Waals surface area contributed by atoms with Gasteiger partial charge in [0.25, 0.3) is 5.76 Å². The van der Waals surface area contributed by atoms with E-state index in [0.29, 0.717) is 13.0 Å². The average Bonchev–Trinajstić information content (AvgIpc) is 2.52. The van der Waals surface area contributed by atoms with Crippen LogP contribution in [0.25, 0.3) is 0 Å². The van der Waals surface area contributed by atoms with E-state index in [4.69, 9.17) is 9.47 Å². The molecule has 2 atom stereocenters. The van der Waals surface area contributed by atoms with Crippen molar-refractivity contribution in [3.8, 4) is 0 Å². The first-order valence-electron chi connectivity index (χ1n) is 7.20. The van der Waals surface area contributed by atoms with Gasteiger partial charge < -0.3 is 9.47 Å². The standard InChI is InChI=1S/C16H18F3NO2/c1-12(13-7-3-2-4-8-13)20-11-14(16(17,18)19)22-15-9-5-6-10-21-15/h2-4,7-8,12,15H,5-6,9-10H2,1H3/t12-,15?/m1/s1. The van der Waals surface area contributed by atoms with Gasteiger partial charge in [0.15, 0.2) is 0 Å². The van der Waals surface area contributed by atoms with Crippen LogP contribution in [0.15, 0.2) is 41.1 Å². The third kappa shape index (κ3) is 4.90. The van der Waals surface area contributed by atoms with Crippen LogP contribution >= 0.6 is 0 Å². The van der Waals surface area contributed by atoms with Crippen molar-refractivity contribution >= 4 is 5.87 Å². The minimum atomic E-state index is -4.64. The lowest BCUT2D eigenvalue weighted by molar-refractivity contribution is -0.194. The molecule has 0 aromatic heterocycles. The summed E-state index contributed by atoms with van der Waals surface area (Å²) in [5.41, 5.74) is 0.811. The van der Waals surface area contributed by atoms with Gasteiger partial charge in [-0.15, -0.1) is 0 Å². The Morgan fingerprint density at radius 1 is 1.32 bits per heavy atom. The van der Waals surface area contributed by atoms with Crippen molar-refractivity contribution in [2.45, 2.75) is 44.7 Å². The first-order chi connectivity index (χ1) is 10.5. The van der Waals surface area contributed by atoms with E-state index >= 15 is 0 Å². The molecular weight excluding hydrogens is 295 g/mol. The highest BCUT2D eigenvalue weighted by molar-refractivity contribution is 5.57. The zero-order valence-electron chi connectivity index (χ0n) is 12.3. The molecular formula is C16H18F3NO2. The van der Waals surface area contributed by atoms with Crippen LogP contribution in [0.2, 0.25) is 0 Å². The van der Waals surface area contributed by atoms with Gasteiger partial charge in [0.1, 0.15) is 0 Å². The van der Waals surface area contributed by atoms with Crippen molar-refractivity contribution in [2.24, 2.45) is 4.99 Å². The monoisotopic (exact) mass is 313 g/mol. The van der Waals surface area contributed by atoms with E-state index in [9.17, 15) is 13.2 Å². The van der Waals surface area contributed by atoms with Crippen LogP contribution in [0.4, 0.5) is 13.2 Å². The number of nitrogens with zero attached hydrogens (tertiary/aromatic N) is 1. The lowest BCUT2D eigenvalue weighted by Gasteiger charge is -2.24. The number of ether oxygens (including phenoxy) is 2. The molecule has 3 nitrogen and oxygen atoms in total. The molecule has 0 saturated carbocycles. The Kier molecular flexibility index (Phi) is 5.63. The van der Waals surface area contributed by atoms with E-state index < -0.39 is 24.3 Å². The Bertz CT molecular complexity index is 530. The molecule has 0 radical (unpaired) electrons. The number of benzene rings is 1. The first-order valence-corrected chi connectivity index (χ1v) is 7.20. The summed E-state index contributed by atoms with van der Waals surface area (Å²) in [4.78, 5) is 3.84. The largest absolute Gasteiger partial charge is 0.458 e. The maximum atomic E-state index is 13.0. The third-order valence-corrected chi connectivity index (χ3v) is 3.29. The van der Waals surface area contributed by atoms with Gasteiger partial charge in [-0.2, -0.15) is 13.2 Å². The van der Waals surface area contributed by atoms with Gasteiger partial charge in [-0.1, -0.05) is 30.3 Å². The van der Waals surface area contributed by atoms with Gasteiger partial charge in [-0.05, 0) is 25.3 Å². The molecule has 0 amide bonds. The number of alkyl halides is 3. The zero-order chi connectivity index (χ0) is 16.0. The normalized spacial score (nSPS) is 19.9. The fourth-order valence-electron chi connectivity index (χ4n) is 2.05. The highest BCUT2D eigenvalue weighted by Gasteiger charge is 2.38. The van der Waals surface area contributed by atoms with Crippen molar-refractivity contribution in [3.05, 3.63) is 41.7 Å². The van der Waals surface area contributed by atoms with E-state index in [1.54, 1.807) is 19.1 Å². The second-order valence-corrected chi connectivity index (χ2v) is 5.07. The molecule has 1 fully saturated rings. The van der Waals surface area contributed by atoms with Crippen LogP contribution in [-0.4, -0.2) is 24.9 Å². The maximum absolute atomic E-state index is 13.0. The van der Waals surface area contributed by atoms with Crippen LogP contribution in [-0.2, 0) is 9.47 Å². The predicted molar refractivity (Wildman–Crippen MR) is 76.5 cm³/mol. The smallest absolute Gasteiger partial charge is 0.451 e. The number of hydrogen-bond donors (Lipinski definition) is 0. The Balaban J connectivity index is 2.15. The van der Waals surface area contributed by atoms with E-state index in [1.165, 1.54) is 0 Å². The van der Waals surface area contributed by atoms with Crippen molar-refractivity contribution < 1.29 is 22.6 Å². The summed E-state index contributed by atoms with van der Waals surface area (Å²) < 4.78 is 49.0. The van der Waals surface area contributed by atoms with E-state index in [2.05, 4.69) is 4.99 Å². The Morgan fingerprint density at radius 2 is 2.05 bits per heavy atom. The lowest BCUT2D eigenvalue weighted by atomic mass is 10.1. The van der Waals surface area contributed by atoms with Crippen molar-refractivity contribution in [2.75, 3.05) is 6.61 Å². The molecule has 1 aliphatic rings.